The van der Waals surface area contributed by atoms with Crippen molar-refractivity contribution in [2.75, 3.05) is 7.11 Å². The van der Waals surface area contributed by atoms with Gasteiger partial charge in [0.25, 0.3) is 5.91 Å². The molecule has 0 aliphatic heterocycles. The first kappa shape index (κ1) is 21.1. The molecule has 0 radical (unpaired) electrons. The maximum atomic E-state index is 14.1. The Morgan fingerprint density at radius 3 is 2.58 bits per heavy atom. The second kappa shape index (κ2) is 8.56. The van der Waals surface area contributed by atoms with Gasteiger partial charge in [-0.25, -0.2) is 13.2 Å². The third-order valence-electron chi connectivity index (χ3n) is 4.65. The lowest BCUT2D eigenvalue weighted by Crippen LogP contribution is -2.22. The summed E-state index contributed by atoms with van der Waals surface area (Å²) >= 11 is 6.94. The topological polar surface area (TPSA) is 51.2 Å². The van der Waals surface area contributed by atoms with Gasteiger partial charge in [0.05, 0.1) is 28.4 Å². The summed E-state index contributed by atoms with van der Waals surface area (Å²) in [6, 6.07) is 8.48. The second-order valence-corrected chi connectivity index (χ2v) is 7.98. The predicted octanol–water partition coefficient (Wildman–Crippen LogP) is 5.97. The van der Waals surface area contributed by atoms with Gasteiger partial charge in [-0.05, 0) is 35.9 Å². The van der Waals surface area contributed by atoms with Crippen LogP contribution in [0.15, 0.2) is 48.8 Å². The van der Waals surface area contributed by atoms with Gasteiger partial charge >= 0.3 is 0 Å². The summed E-state index contributed by atoms with van der Waals surface area (Å²) < 4.78 is 46.9. The summed E-state index contributed by atoms with van der Waals surface area (Å²) in [6.45, 7) is 0.0497. The Labute approximate surface area is 184 Å². The molecule has 31 heavy (non-hydrogen) atoms. The number of hydrogen-bond acceptors (Lipinski definition) is 4. The van der Waals surface area contributed by atoms with Crippen LogP contribution in [0.3, 0.4) is 0 Å². The van der Waals surface area contributed by atoms with E-state index in [0.717, 1.165) is 29.7 Å². The van der Waals surface area contributed by atoms with E-state index in [1.807, 2.05) is 0 Å². The van der Waals surface area contributed by atoms with Crippen molar-refractivity contribution in [2.24, 2.45) is 0 Å². The molecular formula is C22H14ClF3N2O2S. The van der Waals surface area contributed by atoms with Crippen molar-refractivity contribution in [3.05, 3.63) is 81.7 Å². The molecule has 158 valence electrons. The number of pyridine rings is 1. The van der Waals surface area contributed by atoms with E-state index in [-0.39, 0.29) is 26.5 Å². The van der Waals surface area contributed by atoms with Crippen molar-refractivity contribution in [3.8, 4) is 16.9 Å². The van der Waals surface area contributed by atoms with Gasteiger partial charge < -0.3 is 10.1 Å². The molecule has 0 aliphatic rings. The van der Waals surface area contributed by atoms with Crippen molar-refractivity contribution in [1.82, 2.24) is 10.3 Å². The Balaban J connectivity index is 1.62. The number of rotatable bonds is 5. The number of halogens is 4. The van der Waals surface area contributed by atoms with Crippen LogP contribution in [0.1, 0.15) is 15.2 Å². The van der Waals surface area contributed by atoms with Crippen LogP contribution in [0.5, 0.6) is 5.75 Å². The Kier molecular flexibility index (Phi) is 5.84. The standard InChI is InChI=1S/C22H14ClF3N2O2S/c1-30-17-5-2-11(12-7-14(24)10-27-8-12)6-13(17)9-28-22(29)21-19(23)18-15(25)3-4-16(26)20(18)31-21/h2-8,10H,9H2,1H3,(H,28,29). The van der Waals surface area contributed by atoms with E-state index in [9.17, 15) is 18.0 Å². The highest BCUT2D eigenvalue weighted by Crippen LogP contribution is 2.38. The summed E-state index contributed by atoms with van der Waals surface area (Å²) in [5.41, 5.74) is 1.86. The largest absolute Gasteiger partial charge is 0.496 e. The molecule has 0 unspecified atom stereocenters. The fourth-order valence-electron chi connectivity index (χ4n) is 3.17. The highest BCUT2D eigenvalue weighted by Gasteiger charge is 2.22. The first-order valence-corrected chi connectivity index (χ1v) is 10.2. The average Bonchev–Trinajstić information content (AvgIpc) is 3.13. The van der Waals surface area contributed by atoms with Crippen molar-refractivity contribution >= 4 is 38.9 Å². The normalized spacial score (nSPS) is 11.0. The summed E-state index contributed by atoms with van der Waals surface area (Å²) in [5.74, 6) is -1.89. The molecule has 0 atom stereocenters. The number of methoxy groups -OCH3 is 1. The van der Waals surface area contributed by atoms with Crippen LogP contribution < -0.4 is 10.1 Å². The number of ether oxygens (including phenoxy) is 1. The Bertz CT molecular complexity index is 1310. The molecule has 0 spiro atoms. The van der Waals surface area contributed by atoms with Crippen molar-refractivity contribution < 1.29 is 22.7 Å². The zero-order valence-corrected chi connectivity index (χ0v) is 17.6. The third-order valence-corrected chi connectivity index (χ3v) is 6.33. The minimum atomic E-state index is -0.699. The van der Waals surface area contributed by atoms with Crippen LogP contribution in [-0.2, 0) is 6.54 Å². The van der Waals surface area contributed by atoms with Crippen LogP contribution >= 0.6 is 22.9 Å². The van der Waals surface area contributed by atoms with Gasteiger partial charge in [0.15, 0.2) is 0 Å². The first-order chi connectivity index (χ1) is 14.9. The number of hydrogen-bond donors (Lipinski definition) is 1. The predicted molar refractivity (Wildman–Crippen MR) is 114 cm³/mol. The molecule has 0 saturated carbocycles. The quantitative estimate of drug-likeness (QED) is 0.397. The van der Waals surface area contributed by atoms with Gasteiger partial charge in [-0.1, -0.05) is 17.7 Å². The maximum Gasteiger partial charge on any atom is 0.263 e. The molecule has 0 aliphatic carbocycles. The number of nitrogens with zero attached hydrogens (tertiary/aromatic N) is 1. The van der Waals surface area contributed by atoms with E-state index < -0.39 is 23.4 Å². The van der Waals surface area contributed by atoms with E-state index in [4.69, 9.17) is 16.3 Å². The van der Waals surface area contributed by atoms with E-state index in [2.05, 4.69) is 10.3 Å². The highest BCUT2D eigenvalue weighted by molar-refractivity contribution is 7.21. The Morgan fingerprint density at radius 1 is 1.10 bits per heavy atom. The fraction of sp³-hybridized carbons (Fsp3) is 0.0909. The van der Waals surface area contributed by atoms with Gasteiger partial charge in [0.2, 0.25) is 0 Å². The van der Waals surface area contributed by atoms with Gasteiger partial charge in [-0.15, -0.1) is 11.3 Å². The molecule has 4 nitrogen and oxygen atoms in total. The lowest BCUT2D eigenvalue weighted by molar-refractivity contribution is 0.0955. The molecule has 0 fully saturated rings. The monoisotopic (exact) mass is 462 g/mol. The lowest BCUT2D eigenvalue weighted by atomic mass is 10.0. The van der Waals surface area contributed by atoms with Gasteiger partial charge in [-0.3, -0.25) is 9.78 Å². The number of fused-ring (bicyclic) bond motifs is 1. The molecule has 0 saturated heterocycles. The fourth-order valence-corrected chi connectivity index (χ4v) is 4.64. The van der Waals surface area contributed by atoms with Gasteiger partial charge in [0, 0.05) is 23.9 Å². The van der Waals surface area contributed by atoms with E-state index in [1.165, 1.54) is 19.4 Å². The SMILES string of the molecule is COc1ccc(-c2cncc(F)c2)cc1CNC(=O)c1sc2c(F)ccc(F)c2c1Cl. The minimum Gasteiger partial charge on any atom is -0.496 e. The number of aromatic nitrogens is 1. The van der Waals surface area contributed by atoms with Crippen LogP contribution in [0.25, 0.3) is 21.2 Å². The average molecular weight is 463 g/mol. The number of thiophene rings is 1. The summed E-state index contributed by atoms with van der Waals surface area (Å²) in [6.07, 6.45) is 2.63. The maximum absolute atomic E-state index is 14.1. The number of carbonyl (C=O) groups is 1. The van der Waals surface area contributed by atoms with Crippen LogP contribution in [0, 0.1) is 17.5 Å². The molecule has 2 aromatic heterocycles. The van der Waals surface area contributed by atoms with Crippen molar-refractivity contribution in [1.29, 1.82) is 0 Å². The molecule has 1 amide bonds. The van der Waals surface area contributed by atoms with E-state index in [0.29, 0.717) is 22.4 Å². The minimum absolute atomic E-state index is 0.00474. The van der Waals surface area contributed by atoms with Gasteiger partial charge in [-0.2, -0.15) is 0 Å². The molecule has 0 bridgehead atoms. The number of nitrogens with one attached hydrogen (secondary N) is 1. The smallest absolute Gasteiger partial charge is 0.263 e. The first-order valence-electron chi connectivity index (χ1n) is 9.01. The second-order valence-electron chi connectivity index (χ2n) is 6.58. The molecule has 2 heterocycles. The Hall–Kier alpha value is -3.10. The van der Waals surface area contributed by atoms with Gasteiger partial charge in [0.1, 0.15) is 28.1 Å². The van der Waals surface area contributed by atoms with Crippen LogP contribution in [0.2, 0.25) is 5.02 Å². The van der Waals surface area contributed by atoms with E-state index in [1.54, 1.807) is 18.2 Å². The molecule has 2 aromatic carbocycles. The summed E-state index contributed by atoms with van der Waals surface area (Å²) in [4.78, 5) is 16.5. The van der Waals surface area contributed by atoms with Crippen molar-refractivity contribution in [2.45, 2.75) is 6.54 Å². The summed E-state index contributed by atoms with van der Waals surface area (Å²) in [5, 5.41) is 2.44. The Morgan fingerprint density at radius 2 is 1.87 bits per heavy atom. The van der Waals surface area contributed by atoms with E-state index >= 15 is 0 Å². The molecule has 9 heteroatoms. The van der Waals surface area contributed by atoms with Crippen LogP contribution in [0.4, 0.5) is 13.2 Å². The molecule has 1 N–H and O–H groups in total. The number of carbonyl (C=O) groups excluding carboxylic acids is 1. The van der Waals surface area contributed by atoms with Crippen LogP contribution in [-0.4, -0.2) is 18.0 Å². The number of benzene rings is 2. The van der Waals surface area contributed by atoms with Crippen molar-refractivity contribution in [3.63, 3.8) is 0 Å². The zero-order valence-electron chi connectivity index (χ0n) is 16.0. The zero-order chi connectivity index (χ0) is 22.1. The lowest BCUT2D eigenvalue weighted by Gasteiger charge is -2.12. The number of amides is 1. The highest BCUT2D eigenvalue weighted by atomic mass is 35.5. The molecule has 4 aromatic rings. The molecular weight excluding hydrogens is 449 g/mol. The third kappa shape index (κ3) is 4.08. The summed E-state index contributed by atoms with van der Waals surface area (Å²) in [7, 11) is 1.48. The molecule has 4 rings (SSSR count).